The molecule has 1 aliphatic rings. The van der Waals surface area contributed by atoms with Crippen molar-refractivity contribution in [1.29, 1.82) is 0 Å². The van der Waals surface area contributed by atoms with Crippen molar-refractivity contribution in [3.63, 3.8) is 0 Å². The lowest BCUT2D eigenvalue weighted by molar-refractivity contribution is 0.250. The lowest BCUT2D eigenvalue weighted by Gasteiger charge is -2.17. The molecule has 2 heterocycles. The molecule has 108 valence electrons. The predicted molar refractivity (Wildman–Crippen MR) is 74.1 cm³/mol. The maximum absolute atomic E-state index is 13.3. The summed E-state index contributed by atoms with van der Waals surface area (Å²) in [6.45, 7) is 0.381. The second kappa shape index (κ2) is 5.23. The van der Waals surface area contributed by atoms with Crippen LogP contribution in [-0.4, -0.2) is 23.1 Å². The Balaban J connectivity index is 1.85. The SMILES string of the molecule is COc1cc(Nc2ncc3c(n2)NC(=O)NC3)ccc1F. The summed E-state index contributed by atoms with van der Waals surface area (Å²) in [6.07, 6.45) is 1.61. The Morgan fingerprint density at radius 1 is 1.43 bits per heavy atom. The molecule has 7 nitrogen and oxygen atoms in total. The summed E-state index contributed by atoms with van der Waals surface area (Å²) in [5.41, 5.74) is 1.37. The zero-order valence-electron chi connectivity index (χ0n) is 11.1. The number of hydrogen-bond donors (Lipinski definition) is 3. The third kappa shape index (κ3) is 2.69. The van der Waals surface area contributed by atoms with Crippen molar-refractivity contribution in [2.75, 3.05) is 17.7 Å². The van der Waals surface area contributed by atoms with Gasteiger partial charge in [-0.2, -0.15) is 4.98 Å². The van der Waals surface area contributed by atoms with Crippen LogP contribution >= 0.6 is 0 Å². The summed E-state index contributed by atoms with van der Waals surface area (Å²) < 4.78 is 18.2. The average molecular weight is 289 g/mol. The van der Waals surface area contributed by atoms with E-state index in [0.717, 1.165) is 5.56 Å². The topological polar surface area (TPSA) is 88.2 Å². The molecule has 0 atom stereocenters. The Morgan fingerprint density at radius 2 is 2.29 bits per heavy atom. The predicted octanol–water partition coefficient (Wildman–Crippen LogP) is 2.00. The molecule has 2 amide bonds. The smallest absolute Gasteiger partial charge is 0.320 e. The molecular formula is C13H12FN5O2. The molecule has 1 aliphatic heterocycles. The van der Waals surface area contributed by atoms with Crippen LogP contribution in [0.5, 0.6) is 5.75 Å². The molecule has 1 aromatic carbocycles. The Morgan fingerprint density at radius 3 is 3.10 bits per heavy atom. The minimum Gasteiger partial charge on any atom is -0.494 e. The molecule has 2 aromatic rings. The van der Waals surface area contributed by atoms with Crippen LogP contribution in [0.3, 0.4) is 0 Å². The molecule has 0 saturated heterocycles. The van der Waals surface area contributed by atoms with Gasteiger partial charge in [0.1, 0.15) is 5.82 Å². The van der Waals surface area contributed by atoms with E-state index in [1.165, 1.54) is 19.2 Å². The number of aromatic nitrogens is 2. The Hall–Kier alpha value is -2.90. The number of nitrogens with zero attached hydrogens (tertiary/aromatic N) is 2. The van der Waals surface area contributed by atoms with E-state index in [9.17, 15) is 9.18 Å². The maximum Gasteiger partial charge on any atom is 0.320 e. The number of ether oxygens (including phenoxy) is 1. The number of amides is 2. The first-order valence-corrected chi connectivity index (χ1v) is 6.17. The highest BCUT2D eigenvalue weighted by Gasteiger charge is 2.16. The lowest BCUT2D eigenvalue weighted by Crippen LogP contribution is -2.34. The maximum atomic E-state index is 13.3. The fraction of sp³-hybridized carbons (Fsp3) is 0.154. The van der Waals surface area contributed by atoms with E-state index in [-0.39, 0.29) is 11.8 Å². The van der Waals surface area contributed by atoms with Crippen LogP contribution in [0.4, 0.5) is 26.6 Å². The number of hydrogen-bond acceptors (Lipinski definition) is 5. The van der Waals surface area contributed by atoms with Gasteiger partial charge in [-0.15, -0.1) is 0 Å². The van der Waals surface area contributed by atoms with E-state index in [2.05, 4.69) is 25.9 Å². The summed E-state index contributed by atoms with van der Waals surface area (Å²) in [5, 5.41) is 8.14. The molecule has 21 heavy (non-hydrogen) atoms. The summed E-state index contributed by atoms with van der Waals surface area (Å²) in [4.78, 5) is 19.6. The normalized spacial score (nSPS) is 13.0. The number of fused-ring (bicyclic) bond motifs is 1. The fourth-order valence-corrected chi connectivity index (χ4v) is 1.90. The summed E-state index contributed by atoms with van der Waals surface area (Å²) in [6, 6.07) is 4.01. The average Bonchev–Trinajstić information content (AvgIpc) is 2.49. The van der Waals surface area contributed by atoms with E-state index in [1.54, 1.807) is 12.3 Å². The monoisotopic (exact) mass is 289 g/mol. The minimum absolute atomic E-state index is 0.121. The van der Waals surface area contributed by atoms with Crippen molar-refractivity contribution < 1.29 is 13.9 Å². The Labute approximate surface area is 119 Å². The van der Waals surface area contributed by atoms with Gasteiger partial charge in [-0.3, -0.25) is 5.32 Å². The summed E-state index contributed by atoms with van der Waals surface area (Å²) >= 11 is 0. The van der Waals surface area contributed by atoms with Gasteiger partial charge in [-0.1, -0.05) is 0 Å². The second-order valence-corrected chi connectivity index (χ2v) is 4.35. The van der Waals surface area contributed by atoms with Crippen LogP contribution in [0.2, 0.25) is 0 Å². The minimum atomic E-state index is -0.451. The van der Waals surface area contributed by atoms with Crippen LogP contribution in [0.15, 0.2) is 24.4 Å². The van der Waals surface area contributed by atoms with Gasteiger partial charge in [0.05, 0.1) is 7.11 Å². The lowest BCUT2D eigenvalue weighted by atomic mass is 10.2. The zero-order chi connectivity index (χ0) is 14.8. The first-order valence-electron chi connectivity index (χ1n) is 6.17. The molecule has 3 rings (SSSR count). The van der Waals surface area contributed by atoms with Gasteiger partial charge in [-0.05, 0) is 12.1 Å². The second-order valence-electron chi connectivity index (χ2n) is 4.35. The molecule has 0 spiro atoms. The molecule has 8 heteroatoms. The number of anilines is 3. The highest BCUT2D eigenvalue weighted by atomic mass is 19.1. The zero-order valence-corrected chi connectivity index (χ0v) is 11.1. The quantitative estimate of drug-likeness (QED) is 0.804. The third-order valence-corrected chi connectivity index (χ3v) is 2.94. The third-order valence-electron chi connectivity index (χ3n) is 2.94. The van der Waals surface area contributed by atoms with Crippen molar-refractivity contribution in [3.8, 4) is 5.75 Å². The van der Waals surface area contributed by atoms with E-state index in [0.29, 0.717) is 24.0 Å². The van der Waals surface area contributed by atoms with Crippen molar-refractivity contribution in [2.45, 2.75) is 6.54 Å². The number of halogens is 1. The number of urea groups is 1. The van der Waals surface area contributed by atoms with Crippen LogP contribution in [0, 0.1) is 5.82 Å². The standard InChI is InChI=1S/C13H12FN5O2/c1-21-10-4-8(2-3-9(10)14)17-12-15-5-7-6-16-13(20)19-11(7)18-12/h2-5H,6H2,1H3,(H3,15,16,17,18,19,20). The number of nitrogens with one attached hydrogen (secondary N) is 3. The van der Waals surface area contributed by atoms with Crippen molar-refractivity contribution >= 4 is 23.5 Å². The number of benzene rings is 1. The van der Waals surface area contributed by atoms with Gasteiger partial charge >= 0.3 is 6.03 Å². The van der Waals surface area contributed by atoms with Crippen LogP contribution in [0.1, 0.15) is 5.56 Å². The molecular weight excluding hydrogens is 277 g/mol. The largest absolute Gasteiger partial charge is 0.494 e. The van der Waals surface area contributed by atoms with Gasteiger partial charge in [0.2, 0.25) is 5.95 Å². The molecule has 1 aromatic heterocycles. The van der Waals surface area contributed by atoms with Crippen molar-refractivity contribution in [3.05, 3.63) is 35.8 Å². The number of rotatable bonds is 3. The number of methoxy groups -OCH3 is 1. The molecule has 0 bridgehead atoms. The van der Waals surface area contributed by atoms with Crippen molar-refractivity contribution in [1.82, 2.24) is 15.3 Å². The van der Waals surface area contributed by atoms with Crippen LogP contribution in [0.25, 0.3) is 0 Å². The first kappa shape index (κ1) is 13.1. The van der Waals surface area contributed by atoms with E-state index >= 15 is 0 Å². The summed E-state index contributed by atoms with van der Waals surface area (Å²) in [5.74, 6) is 0.415. The van der Waals surface area contributed by atoms with Crippen molar-refractivity contribution in [2.24, 2.45) is 0 Å². The van der Waals surface area contributed by atoms with Gasteiger partial charge in [0.25, 0.3) is 0 Å². The molecule has 0 radical (unpaired) electrons. The molecule has 0 unspecified atom stereocenters. The highest BCUT2D eigenvalue weighted by Crippen LogP contribution is 2.24. The summed E-state index contributed by atoms with van der Waals surface area (Å²) in [7, 11) is 1.39. The van der Waals surface area contributed by atoms with E-state index < -0.39 is 5.82 Å². The fourth-order valence-electron chi connectivity index (χ4n) is 1.90. The molecule has 0 fully saturated rings. The van der Waals surface area contributed by atoms with E-state index in [4.69, 9.17) is 4.74 Å². The van der Waals surface area contributed by atoms with Gasteiger partial charge in [-0.25, -0.2) is 14.2 Å². The van der Waals surface area contributed by atoms with Gasteiger partial charge < -0.3 is 15.4 Å². The van der Waals surface area contributed by atoms with Gasteiger partial charge in [0, 0.05) is 30.1 Å². The molecule has 3 N–H and O–H groups in total. The Kier molecular flexibility index (Phi) is 3.27. The first-order chi connectivity index (χ1) is 10.2. The van der Waals surface area contributed by atoms with Crippen LogP contribution < -0.4 is 20.7 Å². The molecule has 0 aliphatic carbocycles. The number of carbonyl (C=O) groups is 1. The van der Waals surface area contributed by atoms with E-state index in [1.807, 2.05) is 0 Å². The molecule has 0 saturated carbocycles. The Bertz CT molecular complexity index is 707. The van der Waals surface area contributed by atoms with Gasteiger partial charge in [0.15, 0.2) is 11.6 Å². The number of carbonyl (C=O) groups excluding carboxylic acids is 1. The van der Waals surface area contributed by atoms with Crippen LogP contribution in [-0.2, 0) is 6.54 Å². The highest BCUT2D eigenvalue weighted by molar-refractivity contribution is 5.91.